The zero-order chi connectivity index (χ0) is 13.4. The van der Waals surface area contributed by atoms with Crippen LogP contribution in [-0.4, -0.2) is 17.7 Å². The number of hydrogen-bond acceptors (Lipinski definition) is 2. The molecule has 1 saturated carbocycles. The summed E-state index contributed by atoms with van der Waals surface area (Å²) in [5.41, 5.74) is -0.167. The van der Waals surface area contributed by atoms with Crippen LogP contribution in [0, 0.1) is 5.82 Å². The Labute approximate surface area is 116 Å². The van der Waals surface area contributed by atoms with E-state index in [1.807, 2.05) is 0 Å². The zero-order valence-corrected chi connectivity index (χ0v) is 12.6. The van der Waals surface area contributed by atoms with Crippen molar-refractivity contribution in [2.45, 2.75) is 44.8 Å². The molecule has 1 aliphatic carbocycles. The molecular formula is C14H19BrFNO. The van der Waals surface area contributed by atoms with Crippen molar-refractivity contribution in [3.8, 4) is 5.75 Å². The van der Waals surface area contributed by atoms with Crippen molar-refractivity contribution < 1.29 is 9.13 Å². The van der Waals surface area contributed by atoms with E-state index in [9.17, 15) is 4.39 Å². The molecule has 0 amide bonds. The van der Waals surface area contributed by atoms with Crippen molar-refractivity contribution in [3.63, 3.8) is 0 Å². The van der Waals surface area contributed by atoms with Crippen LogP contribution in [0.1, 0.15) is 33.6 Å². The summed E-state index contributed by atoms with van der Waals surface area (Å²) in [7, 11) is 0. The molecule has 0 spiro atoms. The Balaban J connectivity index is 2.00. The molecule has 0 aliphatic heterocycles. The summed E-state index contributed by atoms with van der Waals surface area (Å²) in [5.74, 6) is 0.0258. The minimum Gasteiger partial charge on any atom is -0.483 e. The maximum absolute atomic E-state index is 13.7. The van der Waals surface area contributed by atoms with Crippen molar-refractivity contribution in [2.24, 2.45) is 0 Å². The molecule has 1 aromatic carbocycles. The summed E-state index contributed by atoms with van der Waals surface area (Å²) < 4.78 is 20.3. The first-order chi connectivity index (χ1) is 8.30. The van der Waals surface area contributed by atoms with Crippen molar-refractivity contribution in [1.29, 1.82) is 0 Å². The minimum absolute atomic E-state index is 0.0528. The van der Waals surface area contributed by atoms with Crippen LogP contribution in [0.4, 0.5) is 4.39 Å². The summed E-state index contributed by atoms with van der Waals surface area (Å²) in [6.45, 7) is 7.10. The third-order valence-corrected chi connectivity index (χ3v) is 3.46. The van der Waals surface area contributed by atoms with Gasteiger partial charge in [-0.05, 0) is 51.8 Å². The van der Waals surface area contributed by atoms with Gasteiger partial charge in [0.2, 0.25) is 0 Å². The van der Waals surface area contributed by atoms with E-state index in [0.29, 0.717) is 5.75 Å². The molecule has 100 valence electrons. The lowest BCUT2D eigenvalue weighted by Gasteiger charge is -2.26. The number of halogens is 2. The second kappa shape index (κ2) is 4.82. The summed E-state index contributed by atoms with van der Waals surface area (Å²) in [5, 5.41) is 3.42. The minimum atomic E-state index is -0.314. The summed E-state index contributed by atoms with van der Waals surface area (Å²) >= 11 is 3.24. The molecule has 0 unspecified atom stereocenters. The molecule has 0 saturated heterocycles. The Morgan fingerprint density at radius 3 is 2.56 bits per heavy atom. The molecule has 2 rings (SSSR count). The van der Waals surface area contributed by atoms with E-state index in [0.717, 1.165) is 23.9 Å². The first-order valence-corrected chi connectivity index (χ1v) is 6.98. The third-order valence-electron chi connectivity index (χ3n) is 2.97. The van der Waals surface area contributed by atoms with E-state index in [4.69, 9.17) is 4.74 Å². The van der Waals surface area contributed by atoms with E-state index >= 15 is 0 Å². The third kappa shape index (κ3) is 3.69. The van der Waals surface area contributed by atoms with Crippen LogP contribution in [0.15, 0.2) is 22.7 Å². The van der Waals surface area contributed by atoms with Crippen LogP contribution in [-0.2, 0) is 0 Å². The average molecular weight is 316 g/mol. The molecule has 2 nitrogen and oxygen atoms in total. The normalized spacial score (nSPS) is 17.6. The van der Waals surface area contributed by atoms with Gasteiger partial charge in [-0.1, -0.05) is 15.9 Å². The number of rotatable bonds is 4. The highest BCUT2D eigenvalue weighted by Crippen LogP contribution is 2.41. The molecule has 1 fully saturated rings. The van der Waals surface area contributed by atoms with Gasteiger partial charge in [-0.15, -0.1) is 0 Å². The predicted octanol–water partition coefficient (Wildman–Crippen LogP) is 3.89. The standard InChI is InChI=1S/C14H19BrFNO/c1-13(2,3)17-9-14(6-7-14)18-12-5-4-10(15)8-11(12)16/h4-5,8,17H,6-7,9H2,1-3H3. The fraction of sp³-hybridized carbons (Fsp3) is 0.571. The van der Waals surface area contributed by atoms with Crippen molar-refractivity contribution >= 4 is 15.9 Å². The maximum atomic E-state index is 13.7. The first kappa shape index (κ1) is 13.8. The molecule has 0 bridgehead atoms. The van der Waals surface area contributed by atoms with E-state index in [1.165, 1.54) is 6.07 Å². The molecule has 0 aromatic heterocycles. The fourth-order valence-corrected chi connectivity index (χ4v) is 2.00. The average Bonchev–Trinajstić information content (AvgIpc) is 3.00. The molecule has 1 aromatic rings. The SMILES string of the molecule is CC(C)(C)NCC1(Oc2ccc(Br)cc2F)CC1. The van der Waals surface area contributed by atoms with E-state index in [-0.39, 0.29) is 17.0 Å². The zero-order valence-electron chi connectivity index (χ0n) is 11.0. The Bertz CT molecular complexity index is 438. The quantitative estimate of drug-likeness (QED) is 0.910. The Morgan fingerprint density at radius 1 is 1.39 bits per heavy atom. The summed E-state index contributed by atoms with van der Waals surface area (Å²) in [6, 6.07) is 4.91. The van der Waals surface area contributed by atoms with Gasteiger partial charge in [0.25, 0.3) is 0 Å². The van der Waals surface area contributed by atoms with Gasteiger partial charge < -0.3 is 10.1 Å². The smallest absolute Gasteiger partial charge is 0.166 e. The lowest BCUT2D eigenvalue weighted by Crippen LogP contribution is -2.43. The highest BCUT2D eigenvalue weighted by Gasteiger charge is 2.46. The van der Waals surface area contributed by atoms with Crippen LogP contribution in [0.3, 0.4) is 0 Å². The van der Waals surface area contributed by atoms with Crippen molar-refractivity contribution in [2.75, 3.05) is 6.54 Å². The van der Waals surface area contributed by atoms with Gasteiger partial charge >= 0.3 is 0 Å². The largest absolute Gasteiger partial charge is 0.483 e. The topological polar surface area (TPSA) is 21.3 Å². The highest BCUT2D eigenvalue weighted by molar-refractivity contribution is 9.10. The molecule has 0 atom stereocenters. The van der Waals surface area contributed by atoms with Crippen molar-refractivity contribution in [1.82, 2.24) is 5.32 Å². The molecule has 0 radical (unpaired) electrons. The lowest BCUT2D eigenvalue weighted by atomic mass is 10.1. The number of benzene rings is 1. The molecular weight excluding hydrogens is 297 g/mol. The monoisotopic (exact) mass is 315 g/mol. The van der Waals surface area contributed by atoms with Gasteiger partial charge in [0, 0.05) is 16.6 Å². The van der Waals surface area contributed by atoms with Gasteiger partial charge in [0.15, 0.2) is 11.6 Å². The highest BCUT2D eigenvalue weighted by atomic mass is 79.9. The van der Waals surface area contributed by atoms with Crippen LogP contribution in [0.25, 0.3) is 0 Å². The van der Waals surface area contributed by atoms with E-state index in [2.05, 4.69) is 42.0 Å². The molecule has 1 N–H and O–H groups in total. The number of ether oxygens (including phenoxy) is 1. The molecule has 18 heavy (non-hydrogen) atoms. The molecule has 1 aliphatic rings. The lowest BCUT2D eigenvalue weighted by molar-refractivity contribution is 0.157. The van der Waals surface area contributed by atoms with Crippen LogP contribution < -0.4 is 10.1 Å². The predicted molar refractivity (Wildman–Crippen MR) is 74.4 cm³/mol. The fourth-order valence-electron chi connectivity index (χ4n) is 1.67. The van der Waals surface area contributed by atoms with Crippen LogP contribution in [0.5, 0.6) is 5.75 Å². The second-order valence-corrected chi connectivity index (χ2v) is 6.88. The Kier molecular flexibility index (Phi) is 3.70. The van der Waals surface area contributed by atoms with Gasteiger partial charge in [-0.25, -0.2) is 4.39 Å². The molecule has 4 heteroatoms. The van der Waals surface area contributed by atoms with E-state index < -0.39 is 0 Å². The number of hydrogen-bond donors (Lipinski definition) is 1. The van der Waals surface area contributed by atoms with Crippen molar-refractivity contribution in [3.05, 3.63) is 28.5 Å². The van der Waals surface area contributed by atoms with Gasteiger partial charge in [-0.2, -0.15) is 0 Å². The number of nitrogens with one attached hydrogen (secondary N) is 1. The summed E-state index contributed by atoms with van der Waals surface area (Å²) in [4.78, 5) is 0. The molecule has 0 heterocycles. The van der Waals surface area contributed by atoms with Gasteiger partial charge in [-0.3, -0.25) is 0 Å². The maximum Gasteiger partial charge on any atom is 0.166 e. The van der Waals surface area contributed by atoms with Crippen LogP contribution >= 0.6 is 15.9 Å². The second-order valence-electron chi connectivity index (χ2n) is 5.96. The first-order valence-electron chi connectivity index (χ1n) is 6.19. The van der Waals surface area contributed by atoms with Gasteiger partial charge in [0.1, 0.15) is 5.60 Å². The van der Waals surface area contributed by atoms with Gasteiger partial charge in [0.05, 0.1) is 0 Å². The Hall–Kier alpha value is -0.610. The summed E-state index contributed by atoms with van der Waals surface area (Å²) in [6.07, 6.45) is 1.96. The Morgan fingerprint density at radius 2 is 2.06 bits per heavy atom. The van der Waals surface area contributed by atoms with Crippen LogP contribution in [0.2, 0.25) is 0 Å². The van der Waals surface area contributed by atoms with E-state index in [1.54, 1.807) is 12.1 Å².